The van der Waals surface area contributed by atoms with Crippen LogP contribution in [-0.2, 0) is 4.74 Å². The van der Waals surface area contributed by atoms with Gasteiger partial charge in [0.2, 0.25) is 0 Å². The fourth-order valence-corrected chi connectivity index (χ4v) is 3.09. The topological polar surface area (TPSA) is 41.5 Å². The molecule has 1 saturated heterocycles. The fraction of sp³-hybridized carbons (Fsp3) is 1.00. The van der Waals surface area contributed by atoms with Crippen molar-refractivity contribution in [3.8, 4) is 0 Å². The summed E-state index contributed by atoms with van der Waals surface area (Å²) in [6.07, 6.45) is 7.50. The van der Waals surface area contributed by atoms with Crippen molar-refractivity contribution in [2.24, 2.45) is 0 Å². The minimum atomic E-state index is -0.430. The highest BCUT2D eigenvalue weighted by molar-refractivity contribution is 4.90. The number of aliphatic hydroxyl groups is 1. The van der Waals surface area contributed by atoms with Crippen LogP contribution in [0.25, 0.3) is 0 Å². The van der Waals surface area contributed by atoms with Gasteiger partial charge in [-0.2, -0.15) is 0 Å². The maximum atomic E-state index is 10.3. The molecular formula is C14H27NO2. The first kappa shape index (κ1) is 13.3. The molecule has 2 N–H and O–H groups in total. The Morgan fingerprint density at radius 2 is 2.06 bits per heavy atom. The van der Waals surface area contributed by atoms with E-state index in [1.54, 1.807) is 0 Å². The van der Waals surface area contributed by atoms with Crippen molar-refractivity contribution >= 4 is 0 Å². The zero-order chi connectivity index (χ0) is 12.4. The van der Waals surface area contributed by atoms with E-state index in [2.05, 4.69) is 19.2 Å². The maximum Gasteiger partial charge on any atom is 0.0771 e. The monoisotopic (exact) mass is 241 g/mol. The minimum Gasteiger partial charge on any atom is -0.389 e. The molecule has 0 aromatic heterocycles. The van der Waals surface area contributed by atoms with Gasteiger partial charge < -0.3 is 15.2 Å². The van der Waals surface area contributed by atoms with Crippen LogP contribution in [0.5, 0.6) is 0 Å². The Bertz CT molecular complexity index is 251. The van der Waals surface area contributed by atoms with Crippen LogP contribution in [0.15, 0.2) is 0 Å². The molecule has 0 bridgehead atoms. The molecule has 0 amide bonds. The zero-order valence-electron chi connectivity index (χ0n) is 11.3. The molecule has 1 aliphatic carbocycles. The Balaban J connectivity index is 1.79. The van der Waals surface area contributed by atoms with E-state index >= 15 is 0 Å². The summed E-state index contributed by atoms with van der Waals surface area (Å²) in [4.78, 5) is 0. The van der Waals surface area contributed by atoms with Crippen LogP contribution in [0.4, 0.5) is 0 Å². The summed E-state index contributed by atoms with van der Waals surface area (Å²) in [5.41, 5.74) is -0.394. The van der Waals surface area contributed by atoms with E-state index in [-0.39, 0.29) is 5.60 Å². The van der Waals surface area contributed by atoms with Crippen molar-refractivity contribution in [1.29, 1.82) is 0 Å². The lowest BCUT2D eigenvalue weighted by Crippen LogP contribution is -2.49. The predicted octanol–water partition coefficient (Wildman–Crippen LogP) is 2.23. The lowest BCUT2D eigenvalue weighted by Gasteiger charge is -2.39. The molecule has 2 fully saturated rings. The summed E-state index contributed by atoms with van der Waals surface area (Å²) in [7, 11) is 0. The first-order valence-electron chi connectivity index (χ1n) is 7.15. The van der Waals surface area contributed by atoms with Crippen molar-refractivity contribution < 1.29 is 9.84 Å². The zero-order valence-corrected chi connectivity index (χ0v) is 11.3. The van der Waals surface area contributed by atoms with E-state index in [4.69, 9.17) is 4.74 Å². The van der Waals surface area contributed by atoms with Gasteiger partial charge in [0.25, 0.3) is 0 Å². The molecule has 0 aromatic rings. The molecule has 2 unspecified atom stereocenters. The quantitative estimate of drug-likeness (QED) is 0.793. The molecular weight excluding hydrogens is 214 g/mol. The van der Waals surface area contributed by atoms with Gasteiger partial charge in [-0.05, 0) is 39.0 Å². The van der Waals surface area contributed by atoms with Gasteiger partial charge in [0.05, 0.1) is 11.2 Å². The third-order valence-electron chi connectivity index (χ3n) is 4.60. The Morgan fingerprint density at radius 1 is 1.35 bits per heavy atom. The third-order valence-corrected chi connectivity index (χ3v) is 4.60. The summed E-state index contributed by atoms with van der Waals surface area (Å²) >= 11 is 0. The van der Waals surface area contributed by atoms with Gasteiger partial charge in [-0.15, -0.1) is 0 Å². The van der Waals surface area contributed by atoms with E-state index in [1.807, 2.05) is 0 Å². The van der Waals surface area contributed by atoms with Crippen molar-refractivity contribution in [1.82, 2.24) is 5.32 Å². The molecule has 3 heteroatoms. The summed E-state index contributed by atoms with van der Waals surface area (Å²) in [6, 6.07) is 0.512. The van der Waals surface area contributed by atoms with Crippen LogP contribution in [0.3, 0.4) is 0 Å². The Morgan fingerprint density at radius 3 is 2.71 bits per heavy atom. The van der Waals surface area contributed by atoms with E-state index < -0.39 is 5.60 Å². The summed E-state index contributed by atoms with van der Waals surface area (Å²) in [5.74, 6) is 0. The number of hydrogen-bond acceptors (Lipinski definition) is 3. The number of rotatable bonds is 4. The molecule has 1 heterocycles. The summed E-state index contributed by atoms with van der Waals surface area (Å²) in [5, 5.41) is 13.9. The average molecular weight is 241 g/mol. The maximum absolute atomic E-state index is 10.3. The lowest BCUT2D eigenvalue weighted by molar-refractivity contribution is -0.0805. The van der Waals surface area contributed by atoms with Crippen molar-refractivity contribution in [2.45, 2.75) is 76.0 Å². The molecule has 1 aliphatic heterocycles. The second-order valence-electron chi connectivity index (χ2n) is 6.15. The Kier molecular flexibility index (Phi) is 4.11. The number of hydrogen-bond donors (Lipinski definition) is 2. The van der Waals surface area contributed by atoms with E-state index in [0.29, 0.717) is 6.04 Å². The Labute approximate surface area is 105 Å². The molecule has 100 valence electrons. The first-order chi connectivity index (χ1) is 8.05. The SMILES string of the molecule is CCC1(C)CC(NCC2(O)CCCC2)CCO1. The van der Waals surface area contributed by atoms with Crippen LogP contribution < -0.4 is 5.32 Å². The minimum absolute atomic E-state index is 0.0359. The van der Waals surface area contributed by atoms with Crippen molar-refractivity contribution in [2.75, 3.05) is 13.2 Å². The fourth-order valence-electron chi connectivity index (χ4n) is 3.09. The molecule has 2 rings (SSSR count). The van der Waals surface area contributed by atoms with Crippen molar-refractivity contribution in [3.63, 3.8) is 0 Å². The normalized spacial score (nSPS) is 37.2. The predicted molar refractivity (Wildman–Crippen MR) is 69.1 cm³/mol. The molecule has 1 saturated carbocycles. The van der Waals surface area contributed by atoms with Gasteiger partial charge in [-0.1, -0.05) is 19.8 Å². The third kappa shape index (κ3) is 3.43. The van der Waals surface area contributed by atoms with Gasteiger partial charge in [0, 0.05) is 19.2 Å². The first-order valence-corrected chi connectivity index (χ1v) is 7.15. The molecule has 0 radical (unpaired) electrons. The smallest absolute Gasteiger partial charge is 0.0771 e. The highest BCUT2D eigenvalue weighted by Gasteiger charge is 2.35. The summed E-state index contributed by atoms with van der Waals surface area (Å²) in [6.45, 7) is 6.00. The van der Waals surface area contributed by atoms with E-state index in [0.717, 1.165) is 45.3 Å². The van der Waals surface area contributed by atoms with Crippen LogP contribution in [0, 0.1) is 0 Å². The second-order valence-corrected chi connectivity index (χ2v) is 6.15. The molecule has 0 aromatic carbocycles. The van der Waals surface area contributed by atoms with Gasteiger partial charge in [-0.25, -0.2) is 0 Å². The van der Waals surface area contributed by atoms with Crippen LogP contribution in [0.2, 0.25) is 0 Å². The lowest BCUT2D eigenvalue weighted by atomic mass is 9.89. The van der Waals surface area contributed by atoms with Gasteiger partial charge in [0.15, 0.2) is 0 Å². The number of nitrogens with one attached hydrogen (secondary N) is 1. The van der Waals surface area contributed by atoms with Gasteiger partial charge in [-0.3, -0.25) is 0 Å². The molecule has 3 nitrogen and oxygen atoms in total. The largest absolute Gasteiger partial charge is 0.389 e. The molecule has 17 heavy (non-hydrogen) atoms. The standard InChI is InChI=1S/C14H27NO2/c1-3-13(2)10-12(6-9-17-13)15-11-14(16)7-4-5-8-14/h12,15-16H,3-11H2,1-2H3. The van der Waals surface area contributed by atoms with Gasteiger partial charge in [0.1, 0.15) is 0 Å². The Hall–Kier alpha value is -0.120. The van der Waals surface area contributed by atoms with Crippen LogP contribution in [-0.4, -0.2) is 35.5 Å². The average Bonchev–Trinajstić information content (AvgIpc) is 2.75. The van der Waals surface area contributed by atoms with E-state index in [1.165, 1.54) is 12.8 Å². The van der Waals surface area contributed by atoms with Crippen molar-refractivity contribution in [3.05, 3.63) is 0 Å². The molecule has 2 atom stereocenters. The highest BCUT2D eigenvalue weighted by Crippen LogP contribution is 2.31. The molecule has 0 spiro atoms. The number of ether oxygens (including phenoxy) is 1. The van der Waals surface area contributed by atoms with Gasteiger partial charge >= 0.3 is 0 Å². The van der Waals surface area contributed by atoms with Crippen LogP contribution >= 0.6 is 0 Å². The second kappa shape index (κ2) is 5.25. The van der Waals surface area contributed by atoms with E-state index in [9.17, 15) is 5.11 Å². The summed E-state index contributed by atoms with van der Waals surface area (Å²) < 4.78 is 5.84. The molecule has 2 aliphatic rings. The highest BCUT2D eigenvalue weighted by atomic mass is 16.5. The van der Waals surface area contributed by atoms with Crippen LogP contribution in [0.1, 0.15) is 58.8 Å².